The molecule has 1 atom stereocenters. The average molecular weight is 400 g/mol. The number of aliphatic carboxylic acids is 1. The first-order chi connectivity index (χ1) is 9.67. The summed E-state index contributed by atoms with van der Waals surface area (Å²) < 4.78 is 31.6. The molecule has 2 N–H and O–H groups in total. The van der Waals surface area contributed by atoms with Gasteiger partial charge in [0.1, 0.15) is 9.77 Å². The molecule has 0 aromatic carbocycles. The highest BCUT2D eigenvalue weighted by Gasteiger charge is 2.25. The first kappa shape index (κ1) is 18.1. The number of rotatable bonds is 7. The van der Waals surface area contributed by atoms with E-state index in [-0.39, 0.29) is 26.4 Å². The van der Waals surface area contributed by atoms with Crippen LogP contribution in [0.25, 0.3) is 0 Å². The van der Waals surface area contributed by atoms with Crippen LogP contribution in [0.3, 0.4) is 0 Å². The molecule has 7 nitrogen and oxygen atoms in total. The van der Waals surface area contributed by atoms with Gasteiger partial charge in [0.05, 0.1) is 10.9 Å². The molecular weight excluding hydrogens is 386 g/mol. The van der Waals surface area contributed by atoms with Crippen LogP contribution in [0.4, 0.5) is 0 Å². The Labute approximate surface area is 134 Å². The van der Waals surface area contributed by atoms with Crippen molar-refractivity contribution in [2.24, 2.45) is 0 Å². The zero-order chi connectivity index (χ0) is 16.2. The second-order valence-corrected chi connectivity index (χ2v) is 8.25. The van der Waals surface area contributed by atoms with Crippen molar-refractivity contribution >= 4 is 49.2 Å². The predicted molar refractivity (Wildman–Crippen MR) is 80.0 cm³/mol. The molecule has 1 heterocycles. The van der Waals surface area contributed by atoms with E-state index >= 15 is 0 Å². The first-order valence-electron chi connectivity index (χ1n) is 5.79. The molecule has 118 valence electrons. The Morgan fingerprint density at radius 2 is 2.14 bits per heavy atom. The number of nitrogens with one attached hydrogen (secondary N) is 1. The summed E-state index contributed by atoms with van der Waals surface area (Å²) in [5.74, 6) is -1.62. The Bertz CT molecular complexity index is 639. The largest absolute Gasteiger partial charge is 0.481 e. The number of hydrogen-bond donors (Lipinski definition) is 2. The van der Waals surface area contributed by atoms with E-state index in [1.807, 2.05) is 0 Å². The van der Waals surface area contributed by atoms with Gasteiger partial charge >= 0.3 is 11.9 Å². The van der Waals surface area contributed by atoms with Gasteiger partial charge in [-0.05, 0) is 35.3 Å². The van der Waals surface area contributed by atoms with Gasteiger partial charge in [0.15, 0.2) is 0 Å². The summed E-state index contributed by atoms with van der Waals surface area (Å²) in [5, 5.41) is 8.58. The summed E-state index contributed by atoms with van der Waals surface area (Å²) in [4.78, 5) is 21.9. The second-order valence-electron chi connectivity index (χ2n) is 4.19. The summed E-state index contributed by atoms with van der Waals surface area (Å²) >= 11 is 4.05. The molecule has 0 radical (unpaired) electrons. The van der Waals surface area contributed by atoms with Crippen LogP contribution in [0.2, 0.25) is 0 Å². The van der Waals surface area contributed by atoms with Crippen LogP contribution in [-0.2, 0) is 19.6 Å². The maximum absolute atomic E-state index is 12.2. The summed E-state index contributed by atoms with van der Waals surface area (Å²) in [5.41, 5.74) is 0. The lowest BCUT2D eigenvalue weighted by Gasteiger charge is -2.12. The maximum Gasteiger partial charge on any atom is 0.348 e. The molecular formula is C11H14BrNO6S2. The van der Waals surface area contributed by atoms with Gasteiger partial charge in [-0.2, -0.15) is 0 Å². The quantitative estimate of drug-likeness (QED) is 0.676. The lowest BCUT2D eigenvalue weighted by Crippen LogP contribution is -2.33. The molecule has 0 saturated heterocycles. The fourth-order valence-electron chi connectivity index (χ4n) is 1.46. The molecule has 0 amide bonds. The van der Waals surface area contributed by atoms with Gasteiger partial charge in [-0.25, -0.2) is 17.9 Å². The van der Waals surface area contributed by atoms with E-state index < -0.39 is 28.0 Å². The van der Waals surface area contributed by atoms with Crippen molar-refractivity contribution < 1.29 is 27.9 Å². The Morgan fingerprint density at radius 3 is 2.67 bits per heavy atom. The zero-order valence-corrected chi connectivity index (χ0v) is 14.5. The maximum atomic E-state index is 12.2. The fraction of sp³-hybridized carbons (Fsp3) is 0.455. The molecule has 0 spiro atoms. The second kappa shape index (κ2) is 7.34. The van der Waals surface area contributed by atoms with Crippen LogP contribution < -0.4 is 4.72 Å². The highest BCUT2D eigenvalue weighted by Crippen LogP contribution is 2.32. The van der Waals surface area contributed by atoms with E-state index in [0.29, 0.717) is 0 Å². The molecule has 0 fully saturated rings. The predicted octanol–water partition coefficient (Wildman–Crippen LogP) is 1.83. The lowest BCUT2D eigenvalue weighted by molar-refractivity contribution is -0.137. The third-order valence-corrected chi connectivity index (χ3v) is 6.30. The molecule has 21 heavy (non-hydrogen) atoms. The van der Waals surface area contributed by atoms with E-state index in [4.69, 9.17) is 5.11 Å². The van der Waals surface area contributed by atoms with Crippen LogP contribution in [0.5, 0.6) is 0 Å². The molecule has 1 aromatic heterocycles. The fourth-order valence-corrected chi connectivity index (χ4v) is 5.22. The van der Waals surface area contributed by atoms with E-state index in [1.165, 1.54) is 13.2 Å². The topological polar surface area (TPSA) is 110 Å². The van der Waals surface area contributed by atoms with Gasteiger partial charge < -0.3 is 9.84 Å². The van der Waals surface area contributed by atoms with Crippen molar-refractivity contribution in [2.75, 3.05) is 7.11 Å². The minimum Gasteiger partial charge on any atom is -0.481 e. The van der Waals surface area contributed by atoms with E-state index in [9.17, 15) is 18.0 Å². The standard InChI is InChI=1S/C11H14BrNO6S2/c1-6(3-4-9(14)15)13-21(17,18)8-5-7(11(16)19-2)20-10(8)12/h5-6,13H,3-4H2,1-2H3,(H,14,15). The number of methoxy groups -OCH3 is 1. The van der Waals surface area contributed by atoms with Gasteiger partial charge in [-0.15, -0.1) is 11.3 Å². The third kappa shape index (κ3) is 5.06. The first-order valence-corrected chi connectivity index (χ1v) is 8.88. The number of hydrogen-bond acceptors (Lipinski definition) is 6. The van der Waals surface area contributed by atoms with Crippen molar-refractivity contribution in [3.63, 3.8) is 0 Å². The molecule has 10 heteroatoms. The van der Waals surface area contributed by atoms with Crippen molar-refractivity contribution in [1.82, 2.24) is 4.72 Å². The lowest BCUT2D eigenvalue weighted by atomic mass is 10.2. The van der Waals surface area contributed by atoms with Crippen LogP contribution in [-0.4, -0.2) is 38.6 Å². The van der Waals surface area contributed by atoms with E-state index in [0.717, 1.165) is 11.3 Å². The summed E-state index contributed by atoms with van der Waals surface area (Å²) in [6.45, 7) is 1.57. The minimum atomic E-state index is -3.85. The summed E-state index contributed by atoms with van der Waals surface area (Å²) in [6.07, 6.45) is 0.0298. The Hall–Kier alpha value is -0.970. The molecule has 1 unspecified atom stereocenters. The monoisotopic (exact) mass is 399 g/mol. The van der Waals surface area contributed by atoms with Gasteiger partial charge in [0.25, 0.3) is 0 Å². The number of ether oxygens (including phenoxy) is 1. The van der Waals surface area contributed by atoms with Gasteiger partial charge in [0, 0.05) is 12.5 Å². The summed E-state index contributed by atoms with van der Waals surface area (Å²) in [7, 11) is -2.64. The molecule has 0 aliphatic heterocycles. The number of esters is 1. The Kier molecular flexibility index (Phi) is 6.32. The molecule has 0 aliphatic rings. The molecule has 0 saturated carbocycles. The summed E-state index contributed by atoms with van der Waals surface area (Å²) in [6, 6.07) is 0.673. The van der Waals surface area contributed by atoms with Crippen molar-refractivity contribution in [1.29, 1.82) is 0 Å². The SMILES string of the molecule is COC(=O)c1cc(S(=O)(=O)NC(C)CCC(=O)O)c(Br)s1. The molecule has 1 rings (SSSR count). The smallest absolute Gasteiger partial charge is 0.348 e. The van der Waals surface area contributed by atoms with Gasteiger partial charge in [-0.3, -0.25) is 4.79 Å². The zero-order valence-electron chi connectivity index (χ0n) is 11.3. The van der Waals surface area contributed by atoms with Crippen LogP contribution in [0.15, 0.2) is 14.7 Å². The van der Waals surface area contributed by atoms with E-state index in [2.05, 4.69) is 25.4 Å². The number of carbonyl (C=O) groups is 2. The third-order valence-electron chi connectivity index (χ3n) is 2.48. The number of sulfonamides is 1. The van der Waals surface area contributed by atoms with E-state index in [1.54, 1.807) is 6.92 Å². The van der Waals surface area contributed by atoms with Crippen LogP contribution >= 0.6 is 27.3 Å². The van der Waals surface area contributed by atoms with Crippen LogP contribution in [0.1, 0.15) is 29.4 Å². The van der Waals surface area contributed by atoms with Crippen LogP contribution in [0, 0.1) is 0 Å². The van der Waals surface area contributed by atoms with Crippen molar-refractivity contribution in [3.8, 4) is 0 Å². The van der Waals surface area contributed by atoms with Gasteiger partial charge in [-0.1, -0.05) is 0 Å². The number of carbonyl (C=O) groups excluding carboxylic acids is 1. The van der Waals surface area contributed by atoms with Gasteiger partial charge in [0.2, 0.25) is 10.0 Å². The molecule has 1 aromatic rings. The number of halogens is 1. The Balaban J connectivity index is 2.90. The minimum absolute atomic E-state index is 0.0740. The number of thiophene rings is 1. The van der Waals surface area contributed by atoms with Crippen molar-refractivity contribution in [3.05, 3.63) is 14.7 Å². The molecule has 0 aliphatic carbocycles. The highest BCUT2D eigenvalue weighted by molar-refractivity contribution is 9.11. The Morgan fingerprint density at radius 1 is 1.52 bits per heavy atom. The number of carboxylic acids is 1. The van der Waals surface area contributed by atoms with Crippen molar-refractivity contribution in [2.45, 2.75) is 30.7 Å². The average Bonchev–Trinajstić information content (AvgIpc) is 2.78. The number of carboxylic acid groups (broad SMARTS) is 1. The molecule has 0 bridgehead atoms. The highest BCUT2D eigenvalue weighted by atomic mass is 79.9. The normalized spacial score (nSPS) is 12.9.